The smallest absolute Gasteiger partial charge is 0.187 e. The number of hydrogen-bond acceptors (Lipinski definition) is 16. The van der Waals surface area contributed by atoms with Gasteiger partial charge in [-0.05, 0) is 38.9 Å². The molecule has 16 nitrogen and oxygen atoms in total. The maximum Gasteiger partial charge on any atom is 0.187 e. The van der Waals surface area contributed by atoms with Crippen LogP contribution in [0, 0.1) is 0 Å². The summed E-state index contributed by atoms with van der Waals surface area (Å²) in [6.45, 7) is -0.675. The maximum absolute atomic E-state index is 11.7. The number of rotatable bonds is 29. The van der Waals surface area contributed by atoms with Crippen molar-refractivity contribution in [3.05, 3.63) is 251 Å². The van der Waals surface area contributed by atoms with E-state index in [1.165, 1.54) is 7.11 Å². The van der Waals surface area contributed by atoms with Gasteiger partial charge in [0, 0.05) is 7.11 Å². The Kier molecular flexibility index (Phi) is 23.1. The Bertz CT molecular complexity index is 2900. The standard InChI is InChI=1S/C68H76O16/c1-72-66-63(77-44-51-31-17-6-18-32-51)61(75-42-49-27-13-4-14-28-49)58(55(38-70)80-66)83-68-65(79-46-53-35-21-8-22-36-53)62(76-43-50-29-15-5-16-30-50)59(56(39-71)82-68)84-67-64(78-45-52-33-19-7-20-34-52)60(74-41-48-25-11-3-12-26-48)57(54(37-69)81-67)73-40-47-23-9-2-10-24-47/h2-36,54-71H,37-46H2,1H3/t54-,55-,56-,57-,58-,59-,60+,61+,62+,63-,64-,65-,66+,67-,68-/m1/s1. The van der Waals surface area contributed by atoms with Gasteiger partial charge in [0.2, 0.25) is 0 Å². The number of methoxy groups -OCH3 is 1. The first kappa shape index (κ1) is 61.0. The summed E-state index contributed by atoms with van der Waals surface area (Å²) >= 11 is 0. The van der Waals surface area contributed by atoms with Gasteiger partial charge in [0.25, 0.3) is 0 Å². The molecule has 3 aliphatic rings. The largest absolute Gasteiger partial charge is 0.394 e. The van der Waals surface area contributed by atoms with Crippen LogP contribution < -0.4 is 0 Å². The highest BCUT2D eigenvalue weighted by molar-refractivity contribution is 5.19. The summed E-state index contributed by atoms with van der Waals surface area (Å²) < 4.78 is 89.1. The molecule has 3 saturated heterocycles. The second-order valence-electron chi connectivity index (χ2n) is 20.9. The number of ether oxygens (including phenoxy) is 13. The van der Waals surface area contributed by atoms with E-state index in [-0.39, 0.29) is 46.2 Å². The van der Waals surface area contributed by atoms with Crippen LogP contribution in [0.1, 0.15) is 38.9 Å². The quantitative estimate of drug-likeness (QED) is 0.0405. The van der Waals surface area contributed by atoms with Crippen LogP contribution in [0.25, 0.3) is 0 Å². The van der Waals surface area contributed by atoms with Gasteiger partial charge in [0.1, 0.15) is 73.2 Å². The topological polar surface area (TPSA) is 181 Å². The van der Waals surface area contributed by atoms with E-state index in [0.29, 0.717) is 0 Å². The highest BCUT2D eigenvalue weighted by atomic mass is 16.8. The second-order valence-corrected chi connectivity index (χ2v) is 20.9. The van der Waals surface area contributed by atoms with Crippen molar-refractivity contribution >= 4 is 0 Å². The average molecular weight is 1150 g/mol. The van der Waals surface area contributed by atoms with E-state index in [9.17, 15) is 15.3 Å². The first-order valence-electron chi connectivity index (χ1n) is 28.7. The molecule has 0 aliphatic carbocycles. The highest BCUT2D eigenvalue weighted by Gasteiger charge is 2.57. The molecule has 0 radical (unpaired) electrons. The zero-order chi connectivity index (χ0) is 57.7. The predicted octanol–water partition coefficient (Wildman–Crippen LogP) is 8.65. The van der Waals surface area contributed by atoms with Crippen molar-refractivity contribution in [3.63, 3.8) is 0 Å². The molecule has 3 heterocycles. The van der Waals surface area contributed by atoms with Crippen molar-refractivity contribution in [2.75, 3.05) is 26.9 Å². The van der Waals surface area contributed by atoms with Crippen molar-refractivity contribution in [3.8, 4) is 0 Å². The lowest BCUT2D eigenvalue weighted by molar-refractivity contribution is -0.393. The van der Waals surface area contributed by atoms with Crippen LogP contribution >= 0.6 is 0 Å². The van der Waals surface area contributed by atoms with Crippen molar-refractivity contribution in [1.82, 2.24) is 0 Å². The fourth-order valence-corrected chi connectivity index (χ4v) is 10.8. The van der Waals surface area contributed by atoms with Crippen LogP contribution in [0.5, 0.6) is 0 Å². The van der Waals surface area contributed by atoms with E-state index in [1.807, 2.05) is 212 Å². The molecule has 0 aromatic heterocycles. The van der Waals surface area contributed by atoms with E-state index in [0.717, 1.165) is 38.9 Å². The molecule has 444 valence electrons. The predicted molar refractivity (Wildman–Crippen MR) is 309 cm³/mol. The van der Waals surface area contributed by atoms with Gasteiger partial charge in [-0.25, -0.2) is 0 Å². The maximum atomic E-state index is 11.7. The Morgan fingerprint density at radius 3 is 0.714 bits per heavy atom. The summed E-state index contributed by atoms with van der Waals surface area (Å²) in [5.74, 6) is 0. The molecule has 3 N–H and O–H groups in total. The summed E-state index contributed by atoms with van der Waals surface area (Å²) in [7, 11) is 1.51. The zero-order valence-corrected chi connectivity index (χ0v) is 47.1. The van der Waals surface area contributed by atoms with Crippen LogP contribution in [0.2, 0.25) is 0 Å². The SMILES string of the molecule is CO[C@H]1O[C@H](CO)[C@@H](O[C@H]2O[C@H](CO)[C@@H](O[C@H]3O[C@H](CO)[C@@H](OCc4ccccc4)[C@H](OCc4ccccc4)[C@H]3OCc3ccccc3)[C@H](OCc3ccccc3)[C@H]2OCc2ccccc2)[C@H](OCc2ccccc2)[C@H]1OCc1ccccc1. The molecule has 7 aromatic rings. The third-order valence-electron chi connectivity index (χ3n) is 15.1. The summed E-state index contributed by atoms with van der Waals surface area (Å²) in [6.07, 6.45) is -16.1. The minimum atomic E-state index is -1.36. The highest BCUT2D eigenvalue weighted by Crippen LogP contribution is 2.39. The lowest BCUT2D eigenvalue weighted by atomic mass is 9.95. The van der Waals surface area contributed by atoms with Gasteiger partial charge >= 0.3 is 0 Å². The number of benzene rings is 7. The first-order chi connectivity index (χ1) is 41.5. The van der Waals surface area contributed by atoms with E-state index >= 15 is 0 Å². The molecule has 0 unspecified atom stereocenters. The van der Waals surface area contributed by atoms with Crippen LogP contribution in [0.15, 0.2) is 212 Å². The third kappa shape index (κ3) is 16.4. The van der Waals surface area contributed by atoms with Crippen molar-refractivity contribution in [2.45, 2.75) is 138 Å². The Morgan fingerprint density at radius 2 is 0.464 bits per heavy atom. The molecule has 0 spiro atoms. The van der Waals surface area contributed by atoms with Gasteiger partial charge in [-0.1, -0.05) is 212 Å². The molecular formula is C68H76O16. The summed E-state index contributed by atoms with van der Waals surface area (Å²) in [6, 6.07) is 67.9. The monoisotopic (exact) mass is 1150 g/mol. The van der Waals surface area contributed by atoms with Crippen molar-refractivity contribution < 1.29 is 76.9 Å². The molecule has 0 saturated carbocycles. The second kappa shape index (κ2) is 31.9. The van der Waals surface area contributed by atoms with Gasteiger partial charge in [-0.2, -0.15) is 0 Å². The van der Waals surface area contributed by atoms with Gasteiger partial charge in [0.05, 0.1) is 66.1 Å². The normalized spacial score (nSPS) is 28.0. The van der Waals surface area contributed by atoms with Gasteiger partial charge in [-0.15, -0.1) is 0 Å². The Labute approximate surface area is 491 Å². The van der Waals surface area contributed by atoms with Crippen molar-refractivity contribution in [1.29, 1.82) is 0 Å². The summed E-state index contributed by atoms with van der Waals surface area (Å²) in [4.78, 5) is 0. The Balaban J connectivity index is 1.03. The first-order valence-corrected chi connectivity index (χ1v) is 28.7. The number of hydrogen-bond donors (Lipinski definition) is 3. The molecule has 0 amide bonds. The molecule has 0 bridgehead atoms. The van der Waals surface area contributed by atoms with E-state index < -0.39 is 112 Å². The van der Waals surface area contributed by atoms with E-state index in [2.05, 4.69) is 0 Å². The number of aliphatic hydroxyl groups is 3. The average Bonchev–Trinajstić information content (AvgIpc) is 2.39. The minimum Gasteiger partial charge on any atom is -0.394 e. The molecule has 16 heteroatoms. The fourth-order valence-electron chi connectivity index (χ4n) is 10.8. The molecule has 10 rings (SSSR count). The lowest BCUT2D eigenvalue weighted by Gasteiger charge is -2.51. The fraction of sp³-hybridized carbons (Fsp3) is 0.382. The van der Waals surface area contributed by atoms with Crippen LogP contribution in [0.3, 0.4) is 0 Å². The number of aliphatic hydroxyl groups excluding tert-OH is 3. The molecule has 3 aliphatic heterocycles. The zero-order valence-electron chi connectivity index (χ0n) is 47.1. The van der Waals surface area contributed by atoms with Gasteiger partial charge < -0.3 is 76.9 Å². The molecule has 3 fully saturated rings. The Hall–Kier alpha value is -6.10. The van der Waals surface area contributed by atoms with Gasteiger partial charge in [-0.3, -0.25) is 0 Å². The summed E-state index contributed by atoms with van der Waals surface area (Å²) in [5, 5.41) is 34.3. The van der Waals surface area contributed by atoms with E-state index in [4.69, 9.17) is 61.6 Å². The van der Waals surface area contributed by atoms with Crippen LogP contribution in [0.4, 0.5) is 0 Å². The van der Waals surface area contributed by atoms with Crippen LogP contribution in [-0.4, -0.2) is 134 Å². The third-order valence-corrected chi connectivity index (χ3v) is 15.1. The van der Waals surface area contributed by atoms with Crippen molar-refractivity contribution in [2.24, 2.45) is 0 Å². The Morgan fingerprint density at radius 1 is 0.262 bits per heavy atom. The molecule has 84 heavy (non-hydrogen) atoms. The molecule has 7 aromatic carbocycles. The summed E-state index contributed by atoms with van der Waals surface area (Å²) in [5.41, 5.74) is 6.15. The lowest BCUT2D eigenvalue weighted by Crippen LogP contribution is -2.68. The van der Waals surface area contributed by atoms with Crippen LogP contribution in [-0.2, 0) is 108 Å². The molecule has 15 atom stereocenters. The molecular weight excluding hydrogens is 1070 g/mol. The van der Waals surface area contributed by atoms with E-state index in [1.54, 1.807) is 0 Å². The van der Waals surface area contributed by atoms with Gasteiger partial charge in [0.15, 0.2) is 18.9 Å². The minimum absolute atomic E-state index is 0.0642.